The molecule has 1 aromatic carbocycles. The molecule has 0 spiro atoms. The first-order valence-electron chi connectivity index (χ1n) is 6.00. The highest BCUT2D eigenvalue weighted by Crippen LogP contribution is 2.14. The van der Waals surface area contributed by atoms with Crippen LogP contribution in [0.1, 0.15) is 17.5 Å². The number of aliphatic hydroxyl groups excluding tert-OH is 1. The van der Waals surface area contributed by atoms with E-state index < -0.39 is 21.5 Å². The Bertz CT molecular complexity index is 653. The lowest BCUT2D eigenvalue weighted by Gasteiger charge is -2.06. The van der Waals surface area contributed by atoms with E-state index in [1.807, 2.05) is 6.92 Å². The number of benzene rings is 1. The van der Waals surface area contributed by atoms with Crippen molar-refractivity contribution in [3.05, 3.63) is 29.3 Å². The Hall–Kier alpha value is -1.84. The highest BCUT2D eigenvalue weighted by molar-refractivity contribution is 7.91. The average molecular weight is 295 g/mol. The Morgan fingerprint density at radius 1 is 1.40 bits per heavy atom. The summed E-state index contributed by atoms with van der Waals surface area (Å²) >= 11 is 0. The Morgan fingerprint density at radius 3 is 2.70 bits per heavy atom. The monoisotopic (exact) mass is 295 g/mol. The van der Waals surface area contributed by atoms with Crippen LogP contribution in [0.5, 0.6) is 0 Å². The smallest absolute Gasteiger partial charge is 0.239 e. The molecule has 6 heteroatoms. The van der Waals surface area contributed by atoms with Crippen LogP contribution in [0, 0.1) is 18.8 Å². The third-order valence-electron chi connectivity index (χ3n) is 2.37. The van der Waals surface area contributed by atoms with Crippen molar-refractivity contribution >= 4 is 21.4 Å². The molecule has 0 aliphatic carbocycles. The lowest BCUT2D eigenvalue weighted by atomic mass is 10.1. The maximum absolute atomic E-state index is 11.5. The first-order valence-corrected chi connectivity index (χ1v) is 8.06. The quantitative estimate of drug-likeness (QED) is 0.801. The van der Waals surface area contributed by atoms with Gasteiger partial charge in [-0.2, -0.15) is 0 Å². The molecule has 5 nitrogen and oxygen atoms in total. The highest BCUT2D eigenvalue weighted by atomic mass is 32.2. The second-order valence-corrected chi connectivity index (χ2v) is 6.56. The zero-order valence-electron chi connectivity index (χ0n) is 11.4. The minimum absolute atomic E-state index is 0.00314. The molecule has 0 saturated heterocycles. The molecule has 0 radical (unpaired) electrons. The van der Waals surface area contributed by atoms with E-state index in [1.54, 1.807) is 18.2 Å². The summed E-state index contributed by atoms with van der Waals surface area (Å²) in [6, 6.07) is 5.16. The van der Waals surface area contributed by atoms with Crippen LogP contribution in [0.2, 0.25) is 0 Å². The van der Waals surface area contributed by atoms with Gasteiger partial charge in [0.15, 0.2) is 9.84 Å². The third-order valence-corrected chi connectivity index (χ3v) is 3.16. The van der Waals surface area contributed by atoms with E-state index in [9.17, 15) is 13.2 Å². The predicted molar refractivity (Wildman–Crippen MR) is 78.1 cm³/mol. The molecular weight excluding hydrogens is 278 g/mol. The van der Waals surface area contributed by atoms with Crippen LogP contribution in [0.15, 0.2) is 18.2 Å². The molecule has 0 heterocycles. The molecule has 1 aromatic rings. The van der Waals surface area contributed by atoms with E-state index in [1.165, 1.54) is 0 Å². The summed E-state index contributed by atoms with van der Waals surface area (Å²) in [5.74, 6) is 4.57. The van der Waals surface area contributed by atoms with Gasteiger partial charge in [-0.15, -0.1) is 0 Å². The first kappa shape index (κ1) is 16.2. The van der Waals surface area contributed by atoms with Gasteiger partial charge in [-0.1, -0.05) is 17.9 Å². The number of sulfone groups is 1. The van der Waals surface area contributed by atoms with Crippen molar-refractivity contribution in [2.45, 2.75) is 13.3 Å². The Kier molecular flexibility index (Phi) is 5.74. The van der Waals surface area contributed by atoms with Crippen molar-refractivity contribution < 1.29 is 18.3 Å². The normalized spacial score (nSPS) is 10.6. The maximum atomic E-state index is 11.5. The number of hydrogen-bond donors (Lipinski definition) is 2. The van der Waals surface area contributed by atoms with E-state index >= 15 is 0 Å². The van der Waals surface area contributed by atoms with Crippen LogP contribution >= 0.6 is 0 Å². The molecule has 0 aromatic heterocycles. The van der Waals surface area contributed by atoms with Crippen molar-refractivity contribution in [2.24, 2.45) is 0 Å². The summed E-state index contributed by atoms with van der Waals surface area (Å²) in [7, 11) is -3.35. The number of carbonyl (C=O) groups excluding carboxylic acids is 1. The summed E-state index contributed by atoms with van der Waals surface area (Å²) in [5, 5.41) is 11.2. The summed E-state index contributed by atoms with van der Waals surface area (Å²) in [4.78, 5) is 11.5. The molecule has 0 saturated carbocycles. The molecule has 0 bridgehead atoms. The van der Waals surface area contributed by atoms with E-state index in [0.717, 1.165) is 17.4 Å². The fraction of sp³-hybridized carbons (Fsp3) is 0.357. The number of aryl methyl sites for hydroxylation is 1. The molecule has 20 heavy (non-hydrogen) atoms. The van der Waals surface area contributed by atoms with E-state index in [4.69, 9.17) is 5.11 Å². The lowest BCUT2D eigenvalue weighted by molar-refractivity contribution is -0.113. The fourth-order valence-electron chi connectivity index (χ4n) is 1.48. The van der Waals surface area contributed by atoms with Crippen LogP contribution in [0.25, 0.3) is 0 Å². The van der Waals surface area contributed by atoms with Gasteiger partial charge in [0, 0.05) is 23.9 Å². The van der Waals surface area contributed by atoms with Gasteiger partial charge in [0.25, 0.3) is 0 Å². The van der Waals surface area contributed by atoms with Crippen molar-refractivity contribution in [1.29, 1.82) is 0 Å². The minimum atomic E-state index is -3.35. The second kappa shape index (κ2) is 7.08. The van der Waals surface area contributed by atoms with Crippen LogP contribution < -0.4 is 5.32 Å². The number of rotatable bonds is 4. The zero-order chi connectivity index (χ0) is 15.2. The molecule has 0 aliphatic rings. The topological polar surface area (TPSA) is 83.5 Å². The summed E-state index contributed by atoms with van der Waals surface area (Å²) < 4.78 is 22.0. The van der Waals surface area contributed by atoms with Crippen LogP contribution in [-0.2, 0) is 14.6 Å². The van der Waals surface area contributed by atoms with Crippen molar-refractivity contribution in [3.8, 4) is 11.8 Å². The standard InChI is InChI=1S/C14H17NO4S/c1-11-6-7-13(9-12(11)5-3-4-8-16)15-14(17)10-20(2,18)19/h6-7,9,16H,4,8,10H2,1-2H3,(H,15,17). The average Bonchev–Trinajstić information content (AvgIpc) is 2.31. The van der Waals surface area contributed by atoms with E-state index in [0.29, 0.717) is 12.1 Å². The van der Waals surface area contributed by atoms with E-state index in [-0.39, 0.29) is 6.61 Å². The zero-order valence-corrected chi connectivity index (χ0v) is 12.3. The van der Waals surface area contributed by atoms with Crippen molar-refractivity contribution in [1.82, 2.24) is 0 Å². The number of hydrogen-bond acceptors (Lipinski definition) is 4. The molecule has 0 aliphatic heterocycles. The molecule has 1 amide bonds. The largest absolute Gasteiger partial charge is 0.395 e. The number of aliphatic hydroxyl groups is 1. The number of carbonyl (C=O) groups is 1. The predicted octanol–water partition coefficient (Wildman–Crippen LogP) is 0.712. The van der Waals surface area contributed by atoms with Crippen LogP contribution in [-0.4, -0.2) is 38.0 Å². The molecule has 1 rings (SSSR count). The Balaban J connectivity index is 2.86. The summed E-state index contributed by atoms with van der Waals surface area (Å²) in [6.45, 7) is 1.88. The van der Waals surface area contributed by atoms with Gasteiger partial charge in [-0.05, 0) is 24.6 Å². The van der Waals surface area contributed by atoms with E-state index in [2.05, 4.69) is 17.2 Å². The van der Waals surface area contributed by atoms with Crippen LogP contribution in [0.4, 0.5) is 5.69 Å². The first-order chi connectivity index (χ1) is 9.31. The second-order valence-electron chi connectivity index (χ2n) is 4.42. The molecule has 0 unspecified atom stereocenters. The molecule has 0 fully saturated rings. The van der Waals surface area contributed by atoms with Gasteiger partial charge >= 0.3 is 0 Å². The molecule has 108 valence electrons. The van der Waals surface area contributed by atoms with Gasteiger partial charge < -0.3 is 10.4 Å². The Labute approximate surface area is 118 Å². The number of anilines is 1. The molecule has 0 atom stereocenters. The SMILES string of the molecule is Cc1ccc(NC(=O)CS(C)(=O)=O)cc1C#CCCO. The molecule has 2 N–H and O–H groups in total. The highest BCUT2D eigenvalue weighted by Gasteiger charge is 2.11. The Morgan fingerprint density at radius 2 is 2.10 bits per heavy atom. The van der Waals surface area contributed by atoms with Gasteiger partial charge in [-0.25, -0.2) is 8.42 Å². The van der Waals surface area contributed by atoms with Gasteiger partial charge in [0.1, 0.15) is 5.75 Å². The van der Waals surface area contributed by atoms with Gasteiger partial charge in [0.05, 0.1) is 6.61 Å². The minimum Gasteiger partial charge on any atom is -0.395 e. The van der Waals surface area contributed by atoms with Crippen molar-refractivity contribution in [2.75, 3.05) is 23.9 Å². The number of nitrogens with one attached hydrogen (secondary N) is 1. The molecular formula is C14H17NO4S. The third kappa shape index (κ3) is 5.87. The maximum Gasteiger partial charge on any atom is 0.239 e. The number of amides is 1. The van der Waals surface area contributed by atoms with Crippen molar-refractivity contribution in [3.63, 3.8) is 0 Å². The van der Waals surface area contributed by atoms with Gasteiger partial charge in [-0.3, -0.25) is 4.79 Å². The fourth-order valence-corrected chi connectivity index (χ4v) is 2.03. The van der Waals surface area contributed by atoms with Crippen LogP contribution in [0.3, 0.4) is 0 Å². The summed E-state index contributed by atoms with van der Waals surface area (Å²) in [6.07, 6.45) is 1.39. The lowest BCUT2D eigenvalue weighted by Crippen LogP contribution is -2.21. The van der Waals surface area contributed by atoms with Gasteiger partial charge in [0.2, 0.25) is 5.91 Å². The summed E-state index contributed by atoms with van der Waals surface area (Å²) in [5.41, 5.74) is 2.17.